The van der Waals surface area contributed by atoms with Crippen molar-refractivity contribution in [3.63, 3.8) is 0 Å². The number of carbonyl (C=O) groups is 3. The molecule has 0 aliphatic carbocycles. The molecule has 0 radical (unpaired) electrons. The van der Waals surface area contributed by atoms with E-state index in [2.05, 4.69) is 20.9 Å². The van der Waals surface area contributed by atoms with Crippen molar-refractivity contribution in [3.05, 3.63) is 82.9 Å². The summed E-state index contributed by atoms with van der Waals surface area (Å²) in [5.41, 5.74) is 9.09. The molecule has 0 aliphatic heterocycles. The van der Waals surface area contributed by atoms with E-state index in [0.29, 0.717) is 78.7 Å². The zero-order valence-electron chi connectivity index (χ0n) is 28.7. The number of carbonyl (C=O) groups excluding carboxylic acids is 3. The van der Waals surface area contributed by atoms with Crippen LogP contribution in [0.15, 0.2) is 60.7 Å². The molecule has 3 aromatic rings. The van der Waals surface area contributed by atoms with Crippen molar-refractivity contribution in [3.8, 4) is 11.5 Å². The SMILES string of the molecule is COCc1cc(C(=O)Nc2ccc(C)cc2OCCCCCC(=O)NCCCN(C)C)ccc1NC(=O)c1ccccc1OCCCN. The van der Waals surface area contributed by atoms with Gasteiger partial charge < -0.3 is 40.8 Å². The van der Waals surface area contributed by atoms with Crippen LogP contribution in [0.25, 0.3) is 0 Å². The summed E-state index contributed by atoms with van der Waals surface area (Å²) < 4.78 is 17.2. The number of para-hydroxylation sites is 1. The summed E-state index contributed by atoms with van der Waals surface area (Å²) in [6, 6.07) is 17.7. The summed E-state index contributed by atoms with van der Waals surface area (Å²) in [6.45, 7) is 5.15. The third kappa shape index (κ3) is 13.0. The van der Waals surface area contributed by atoms with Crippen LogP contribution >= 0.6 is 0 Å². The molecular weight excluding hydrogens is 610 g/mol. The van der Waals surface area contributed by atoms with E-state index >= 15 is 0 Å². The number of hydrogen-bond acceptors (Lipinski definition) is 8. The average molecular weight is 662 g/mol. The van der Waals surface area contributed by atoms with Crippen molar-refractivity contribution in [2.24, 2.45) is 5.73 Å². The molecule has 0 atom stereocenters. The predicted octanol–water partition coefficient (Wildman–Crippen LogP) is 5.38. The molecule has 48 heavy (non-hydrogen) atoms. The quantitative estimate of drug-likeness (QED) is 0.111. The maximum absolute atomic E-state index is 13.4. The molecule has 0 saturated heterocycles. The molecule has 0 saturated carbocycles. The Morgan fingerprint density at radius 1 is 0.792 bits per heavy atom. The lowest BCUT2D eigenvalue weighted by atomic mass is 10.1. The molecule has 3 amide bonds. The van der Waals surface area contributed by atoms with E-state index in [1.807, 2.05) is 39.2 Å². The molecule has 0 aliphatic rings. The van der Waals surface area contributed by atoms with Gasteiger partial charge in [-0.3, -0.25) is 14.4 Å². The first-order valence-electron chi connectivity index (χ1n) is 16.5. The summed E-state index contributed by atoms with van der Waals surface area (Å²) in [7, 11) is 5.59. The van der Waals surface area contributed by atoms with Gasteiger partial charge >= 0.3 is 0 Å². The molecule has 11 heteroatoms. The van der Waals surface area contributed by atoms with Gasteiger partial charge in [-0.25, -0.2) is 0 Å². The lowest BCUT2D eigenvalue weighted by Crippen LogP contribution is -2.26. The van der Waals surface area contributed by atoms with Gasteiger partial charge in [0, 0.05) is 36.9 Å². The Labute approximate surface area is 284 Å². The highest BCUT2D eigenvalue weighted by molar-refractivity contribution is 6.08. The van der Waals surface area contributed by atoms with E-state index in [4.69, 9.17) is 19.9 Å². The molecule has 0 unspecified atom stereocenters. The molecule has 0 heterocycles. The van der Waals surface area contributed by atoms with Crippen LogP contribution in [-0.4, -0.2) is 76.7 Å². The Balaban J connectivity index is 1.58. The van der Waals surface area contributed by atoms with E-state index in [1.54, 1.807) is 49.6 Å². The van der Waals surface area contributed by atoms with Gasteiger partial charge in [0.05, 0.1) is 31.1 Å². The number of aryl methyl sites for hydroxylation is 1. The summed E-state index contributed by atoms with van der Waals surface area (Å²) in [5.74, 6) is 0.465. The number of amides is 3. The summed E-state index contributed by atoms with van der Waals surface area (Å²) >= 11 is 0. The van der Waals surface area contributed by atoms with Gasteiger partial charge in [-0.15, -0.1) is 0 Å². The number of nitrogens with zero attached hydrogens (tertiary/aromatic N) is 1. The second-order valence-corrected chi connectivity index (χ2v) is 11.9. The van der Waals surface area contributed by atoms with Crippen LogP contribution in [-0.2, 0) is 16.1 Å². The van der Waals surface area contributed by atoms with Crippen molar-refractivity contribution >= 4 is 29.1 Å². The topological polar surface area (TPSA) is 144 Å². The minimum Gasteiger partial charge on any atom is -0.493 e. The number of methoxy groups -OCH3 is 1. The van der Waals surface area contributed by atoms with Gasteiger partial charge in [-0.2, -0.15) is 0 Å². The van der Waals surface area contributed by atoms with Gasteiger partial charge in [0.25, 0.3) is 11.8 Å². The van der Waals surface area contributed by atoms with Crippen LogP contribution in [0.5, 0.6) is 11.5 Å². The van der Waals surface area contributed by atoms with Crippen molar-refractivity contribution in [1.29, 1.82) is 0 Å². The number of nitrogens with one attached hydrogen (secondary N) is 3. The Morgan fingerprint density at radius 2 is 1.52 bits per heavy atom. The normalized spacial score (nSPS) is 10.9. The Hall–Kier alpha value is -4.45. The highest BCUT2D eigenvalue weighted by atomic mass is 16.5. The minimum atomic E-state index is -0.340. The van der Waals surface area contributed by atoms with Crippen LogP contribution in [0, 0.1) is 6.92 Å². The van der Waals surface area contributed by atoms with Crippen LogP contribution in [0.1, 0.15) is 70.4 Å². The van der Waals surface area contributed by atoms with Crippen molar-refractivity contribution in [1.82, 2.24) is 10.2 Å². The maximum atomic E-state index is 13.4. The summed E-state index contributed by atoms with van der Waals surface area (Å²) in [6.07, 6.45) is 4.53. The van der Waals surface area contributed by atoms with E-state index in [-0.39, 0.29) is 24.3 Å². The molecular formula is C37H51N5O6. The second kappa shape index (κ2) is 20.7. The lowest BCUT2D eigenvalue weighted by molar-refractivity contribution is -0.121. The fourth-order valence-electron chi connectivity index (χ4n) is 4.87. The molecule has 0 bridgehead atoms. The van der Waals surface area contributed by atoms with Crippen molar-refractivity contribution in [2.75, 3.05) is 64.7 Å². The zero-order valence-corrected chi connectivity index (χ0v) is 28.7. The third-order valence-corrected chi connectivity index (χ3v) is 7.45. The van der Waals surface area contributed by atoms with E-state index < -0.39 is 0 Å². The first-order chi connectivity index (χ1) is 23.2. The number of ether oxygens (including phenoxy) is 3. The van der Waals surface area contributed by atoms with E-state index in [1.165, 1.54) is 0 Å². The van der Waals surface area contributed by atoms with Gasteiger partial charge in [-0.1, -0.05) is 18.2 Å². The molecule has 3 aromatic carbocycles. The first kappa shape index (κ1) is 38.0. The minimum absolute atomic E-state index is 0.0800. The van der Waals surface area contributed by atoms with Crippen LogP contribution in [0.3, 0.4) is 0 Å². The first-order valence-corrected chi connectivity index (χ1v) is 16.5. The molecule has 0 spiro atoms. The number of unbranched alkanes of at least 4 members (excludes halogenated alkanes) is 2. The number of anilines is 2. The van der Waals surface area contributed by atoms with Gasteiger partial charge in [-0.05, 0) is 114 Å². The maximum Gasteiger partial charge on any atom is 0.259 e. The molecule has 5 N–H and O–H groups in total. The molecule has 0 aromatic heterocycles. The second-order valence-electron chi connectivity index (χ2n) is 11.9. The molecule has 0 fully saturated rings. The molecule has 3 rings (SSSR count). The largest absolute Gasteiger partial charge is 0.493 e. The van der Waals surface area contributed by atoms with Crippen LogP contribution in [0.4, 0.5) is 11.4 Å². The van der Waals surface area contributed by atoms with Gasteiger partial charge in [0.2, 0.25) is 5.91 Å². The zero-order chi connectivity index (χ0) is 34.7. The number of nitrogens with two attached hydrogens (primary N) is 1. The fraction of sp³-hybridized carbons (Fsp3) is 0.432. The monoisotopic (exact) mass is 661 g/mol. The predicted molar refractivity (Wildman–Crippen MR) is 190 cm³/mol. The average Bonchev–Trinajstić information content (AvgIpc) is 3.06. The molecule has 11 nitrogen and oxygen atoms in total. The highest BCUT2D eigenvalue weighted by Crippen LogP contribution is 2.28. The Kier molecular flexibility index (Phi) is 16.4. The smallest absolute Gasteiger partial charge is 0.259 e. The highest BCUT2D eigenvalue weighted by Gasteiger charge is 2.17. The van der Waals surface area contributed by atoms with Crippen molar-refractivity contribution in [2.45, 2.75) is 52.1 Å². The van der Waals surface area contributed by atoms with Gasteiger partial charge in [0.1, 0.15) is 11.5 Å². The lowest BCUT2D eigenvalue weighted by Gasteiger charge is -2.16. The summed E-state index contributed by atoms with van der Waals surface area (Å²) in [4.78, 5) is 40.7. The van der Waals surface area contributed by atoms with E-state index in [9.17, 15) is 14.4 Å². The van der Waals surface area contributed by atoms with Gasteiger partial charge in [0.15, 0.2) is 0 Å². The standard InChI is InChI=1S/C37H51N5O6/c1-27-15-17-32(34(24-27)48-22-9-5-6-14-35(43)39-20-11-21-42(2)3)41-36(44)28-16-18-31(29(25-28)26-46-4)40-37(45)30-12-7-8-13-33(30)47-23-10-19-38/h7-8,12-13,15-18,24-25H,5-6,9-11,14,19-23,26,38H2,1-4H3,(H,39,43)(H,40,45)(H,41,44). The van der Waals surface area contributed by atoms with Crippen molar-refractivity contribution < 1.29 is 28.6 Å². The Morgan fingerprint density at radius 3 is 2.29 bits per heavy atom. The van der Waals surface area contributed by atoms with Crippen LogP contribution in [0.2, 0.25) is 0 Å². The number of hydrogen-bond donors (Lipinski definition) is 4. The molecule has 260 valence electrons. The Bertz CT molecular complexity index is 1480. The van der Waals surface area contributed by atoms with Crippen LogP contribution < -0.4 is 31.2 Å². The fourth-order valence-corrected chi connectivity index (χ4v) is 4.87. The number of benzene rings is 3. The number of rotatable bonds is 21. The van der Waals surface area contributed by atoms with E-state index in [0.717, 1.165) is 37.8 Å². The summed E-state index contributed by atoms with van der Waals surface area (Å²) in [5, 5.41) is 8.87. The third-order valence-electron chi connectivity index (χ3n) is 7.45.